The Labute approximate surface area is 183 Å². The molecule has 8 heteroatoms. The first-order valence-electron chi connectivity index (χ1n) is 8.76. The Hall–Kier alpha value is -2.35. The van der Waals surface area contributed by atoms with Crippen LogP contribution >= 0.6 is 35.6 Å². The van der Waals surface area contributed by atoms with Gasteiger partial charge >= 0.3 is 5.97 Å². The first-order chi connectivity index (χ1) is 14.0. The van der Waals surface area contributed by atoms with Crippen LogP contribution in [0.3, 0.4) is 0 Å². The third kappa shape index (κ3) is 5.59. The van der Waals surface area contributed by atoms with Gasteiger partial charge in [0.1, 0.15) is 16.7 Å². The van der Waals surface area contributed by atoms with Crippen molar-refractivity contribution in [3.63, 3.8) is 0 Å². The van der Waals surface area contributed by atoms with Gasteiger partial charge in [-0.25, -0.2) is 0 Å². The summed E-state index contributed by atoms with van der Waals surface area (Å²) in [6, 6.07) is 14.9. The summed E-state index contributed by atoms with van der Waals surface area (Å²) in [6.45, 7) is 0.550. The minimum Gasteiger partial charge on any atom is -0.489 e. The van der Waals surface area contributed by atoms with Gasteiger partial charge in [0, 0.05) is 17.1 Å². The number of hydrogen-bond acceptors (Lipinski definition) is 6. The third-order valence-electron chi connectivity index (χ3n) is 4.15. The van der Waals surface area contributed by atoms with E-state index in [1.54, 1.807) is 6.08 Å². The highest BCUT2D eigenvalue weighted by molar-refractivity contribution is 8.26. The lowest BCUT2D eigenvalue weighted by atomic mass is 10.2. The van der Waals surface area contributed by atoms with Crippen LogP contribution in [0.5, 0.6) is 5.75 Å². The van der Waals surface area contributed by atoms with E-state index in [2.05, 4.69) is 4.74 Å². The highest BCUT2D eigenvalue weighted by Crippen LogP contribution is 2.33. The number of methoxy groups -OCH3 is 1. The van der Waals surface area contributed by atoms with Gasteiger partial charge in [0.05, 0.1) is 18.4 Å². The first-order valence-corrected chi connectivity index (χ1v) is 10.4. The molecule has 0 N–H and O–H groups in total. The van der Waals surface area contributed by atoms with Gasteiger partial charge in [-0.3, -0.25) is 14.5 Å². The Balaban J connectivity index is 1.68. The molecule has 150 valence electrons. The van der Waals surface area contributed by atoms with Crippen LogP contribution in [-0.4, -0.2) is 34.8 Å². The van der Waals surface area contributed by atoms with Crippen LogP contribution in [-0.2, 0) is 20.9 Å². The van der Waals surface area contributed by atoms with Crippen LogP contribution < -0.4 is 4.74 Å². The maximum Gasteiger partial charge on any atom is 0.307 e. The number of carbonyl (C=O) groups excluding carboxylic acids is 2. The van der Waals surface area contributed by atoms with E-state index < -0.39 is 0 Å². The van der Waals surface area contributed by atoms with Crippen molar-refractivity contribution in [1.29, 1.82) is 0 Å². The molecule has 0 aliphatic carbocycles. The lowest BCUT2D eigenvalue weighted by molar-refractivity contribution is -0.140. The third-order valence-corrected chi connectivity index (χ3v) is 5.90. The van der Waals surface area contributed by atoms with Crippen molar-refractivity contribution in [2.24, 2.45) is 0 Å². The number of hydrogen-bond donors (Lipinski definition) is 0. The number of carbonyl (C=O) groups is 2. The zero-order valence-corrected chi connectivity index (χ0v) is 18.0. The summed E-state index contributed by atoms with van der Waals surface area (Å²) in [5.41, 5.74) is 1.71. The van der Waals surface area contributed by atoms with Gasteiger partial charge in [0.25, 0.3) is 5.91 Å². The fraction of sp³-hybridized carbons (Fsp3) is 0.190. The van der Waals surface area contributed by atoms with Gasteiger partial charge in [-0.1, -0.05) is 65.9 Å². The highest BCUT2D eigenvalue weighted by atomic mass is 35.5. The molecular formula is C21H18ClNO4S2. The molecule has 1 saturated heterocycles. The van der Waals surface area contributed by atoms with Gasteiger partial charge in [0.15, 0.2) is 0 Å². The summed E-state index contributed by atoms with van der Waals surface area (Å²) in [4.78, 5) is 25.9. The SMILES string of the molecule is COC(=O)CCN1C(=O)/C(=C\c2cccc(OCc3ccccc3Cl)c2)SC1=S. The molecule has 2 aromatic rings. The average molecular weight is 448 g/mol. The number of benzene rings is 2. The Morgan fingerprint density at radius 1 is 1.24 bits per heavy atom. The summed E-state index contributed by atoms with van der Waals surface area (Å²) in [5, 5.41) is 0.652. The van der Waals surface area contributed by atoms with Crippen molar-refractivity contribution >= 4 is 57.9 Å². The van der Waals surface area contributed by atoms with E-state index in [4.69, 9.17) is 28.6 Å². The minimum atomic E-state index is -0.383. The average Bonchev–Trinajstić information content (AvgIpc) is 2.98. The van der Waals surface area contributed by atoms with E-state index in [0.717, 1.165) is 11.1 Å². The number of esters is 1. The first kappa shape index (κ1) is 21.4. The van der Waals surface area contributed by atoms with E-state index in [-0.39, 0.29) is 24.8 Å². The van der Waals surface area contributed by atoms with Gasteiger partial charge < -0.3 is 9.47 Å². The lowest BCUT2D eigenvalue weighted by Crippen LogP contribution is -2.30. The van der Waals surface area contributed by atoms with Crippen molar-refractivity contribution in [3.05, 3.63) is 69.6 Å². The largest absolute Gasteiger partial charge is 0.489 e. The van der Waals surface area contributed by atoms with Crippen LogP contribution in [0.25, 0.3) is 6.08 Å². The number of thiocarbonyl (C=S) groups is 1. The lowest BCUT2D eigenvalue weighted by Gasteiger charge is -2.13. The maximum absolute atomic E-state index is 12.6. The zero-order valence-electron chi connectivity index (χ0n) is 15.6. The molecule has 2 aromatic carbocycles. The molecule has 3 rings (SSSR count). The quantitative estimate of drug-likeness (QED) is 0.349. The molecule has 0 unspecified atom stereocenters. The van der Waals surface area contributed by atoms with Crippen molar-refractivity contribution in [1.82, 2.24) is 4.90 Å². The van der Waals surface area contributed by atoms with E-state index in [0.29, 0.717) is 26.6 Å². The van der Waals surface area contributed by atoms with Crippen molar-refractivity contribution < 1.29 is 19.1 Å². The standard InChI is InChI=1S/C21H18ClNO4S2/c1-26-19(24)9-10-23-20(25)18(29-21(23)28)12-14-5-4-7-16(11-14)27-13-15-6-2-3-8-17(15)22/h2-8,11-12H,9-10,13H2,1H3/b18-12+. The molecule has 0 atom stereocenters. The predicted molar refractivity (Wildman–Crippen MR) is 119 cm³/mol. The summed E-state index contributed by atoms with van der Waals surface area (Å²) in [7, 11) is 1.31. The minimum absolute atomic E-state index is 0.0988. The maximum atomic E-state index is 12.6. The van der Waals surface area contributed by atoms with E-state index in [1.807, 2.05) is 48.5 Å². The molecule has 1 aliphatic heterocycles. The molecule has 1 amide bonds. The Kier molecular flexibility index (Phi) is 7.30. The predicted octanol–water partition coefficient (Wildman–Crippen LogP) is 4.68. The molecule has 0 spiro atoms. The van der Waals surface area contributed by atoms with E-state index in [1.165, 1.54) is 23.8 Å². The van der Waals surface area contributed by atoms with Crippen LogP contribution in [0.2, 0.25) is 5.02 Å². The van der Waals surface area contributed by atoms with Gasteiger partial charge in [-0.2, -0.15) is 0 Å². The molecule has 1 aliphatic rings. The molecule has 0 aromatic heterocycles. The van der Waals surface area contributed by atoms with Crippen LogP contribution in [0.15, 0.2) is 53.4 Å². The molecule has 1 fully saturated rings. The molecule has 0 bridgehead atoms. The summed E-state index contributed by atoms with van der Waals surface area (Å²) in [5.74, 6) is 0.0672. The monoisotopic (exact) mass is 447 g/mol. The van der Waals surface area contributed by atoms with Crippen molar-refractivity contribution in [2.45, 2.75) is 13.0 Å². The summed E-state index contributed by atoms with van der Waals surface area (Å²) < 4.78 is 10.9. The number of rotatable bonds is 7. The smallest absolute Gasteiger partial charge is 0.307 e. The molecule has 1 heterocycles. The van der Waals surface area contributed by atoms with E-state index in [9.17, 15) is 9.59 Å². The molecule has 0 saturated carbocycles. The summed E-state index contributed by atoms with van der Waals surface area (Å²) in [6.07, 6.45) is 1.86. The van der Waals surface area contributed by atoms with Crippen LogP contribution in [0.4, 0.5) is 0 Å². The number of amides is 1. The van der Waals surface area contributed by atoms with Gasteiger partial charge in [-0.05, 0) is 29.8 Å². The van der Waals surface area contributed by atoms with Gasteiger partial charge in [-0.15, -0.1) is 0 Å². The topological polar surface area (TPSA) is 55.8 Å². The van der Waals surface area contributed by atoms with Crippen LogP contribution in [0.1, 0.15) is 17.5 Å². The molecule has 29 heavy (non-hydrogen) atoms. The highest BCUT2D eigenvalue weighted by Gasteiger charge is 2.32. The second-order valence-electron chi connectivity index (χ2n) is 6.11. The summed E-state index contributed by atoms with van der Waals surface area (Å²) >= 11 is 12.6. The molecule has 5 nitrogen and oxygen atoms in total. The number of halogens is 1. The Morgan fingerprint density at radius 3 is 2.79 bits per heavy atom. The number of nitrogens with zero attached hydrogens (tertiary/aromatic N) is 1. The second kappa shape index (κ2) is 9.91. The van der Waals surface area contributed by atoms with Crippen LogP contribution in [0, 0.1) is 0 Å². The van der Waals surface area contributed by atoms with Crippen molar-refractivity contribution in [3.8, 4) is 5.75 Å². The Bertz CT molecular complexity index is 977. The normalized spacial score (nSPS) is 15.1. The fourth-order valence-electron chi connectivity index (χ4n) is 2.62. The second-order valence-corrected chi connectivity index (χ2v) is 8.20. The van der Waals surface area contributed by atoms with Crippen molar-refractivity contribution in [2.75, 3.05) is 13.7 Å². The molecule has 0 radical (unpaired) electrons. The zero-order chi connectivity index (χ0) is 20.8. The number of ether oxygens (including phenoxy) is 2. The van der Waals surface area contributed by atoms with E-state index >= 15 is 0 Å². The Morgan fingerprint density at radius 2 is 2.03 bits per heavy atom. The molecular weight excluding hydrogens is 430 g/mol. The number of thioether (sulfide) groups is 1. The fourth-order valence-corrected chi connectivity index (χ4v) is 4.12. The van der Waals surface area contributed by atoms with Gasteiger partial charge in [0.2, 0.25) is 0 Å².